The van der Waals surface area contributed by atoms with Crippen LogP contribution >= 0.6 is 11.3 Å². The molecular formula is C22H20N2O7S2. The number of rotatable bonds is 6. The highest BCUT2D eigenvalue weighted by Crippen LogP contribution is 2.42. The second-order valence-corrected chi connectivity index (χ2v) is 10.0. The van der Waals surface area contributed by atoms with E-state index in [-0.39, 0.29) is 26.9 Å². The molecule has 1 amide bonds. The van der Waals surface area contributed by atoms with E-state index in [2.05, 4.69) is 5.32 Å². The van der Waals surface area contributed by atoms with Crippen LogP contribution in [-0.2, 0) is 24.3 Å². The highest BCUT2D eigenvalue weighted by Gasteiger charge is 2.37. The van der Waals surface area contributed by atoms with E-state index in [9.17, 15) is 22.8 Å². The molecule has 0 spiro atoms. The monoisotopic (exact) mass is 488 g/mol. The molecule has 0 fully saturated rings. The van der Waals surface area contributed by atoms with Crippen molar-refractivity contribution in [3.63, 3.8) is 0 Å². The summed E-state index contributed by atoms with van der Waals surface area (Å²) < 4.78 is 37.1. The summed E-state index contributed by atoms with van der Waals surface area (Å²) >= 11 is 0.866. The van der Waals surface area contributed by atoms with Crippen LogP contribution in [0.4, 0.5) is 10.7 Å². The zero-order valence-electron chi connectivity index (χ0n) is 18.0. The Morgan fingerprint density at radius 3 is 2.45 bits per heavy atom. The number of amides is 1. The van der Waals surface area contributed by atoms with E-state index < -0.39 is 34.4 Å². The summed E-state index contributed by atoms with van der Waals surface area (Å²) in [6, 6.07) is 10.1. The number of hydrogen-bond donors (Lipinski definition) is 1. The lowest BCUT2D eigenvalue weighted by Gasteiger charge is -2.18. The molecule has 1 aliphatic heterocycles. The number of carbonyl (C=O) groups is 3. The highest BCUT2D eigenvalue weighted by atomic mass is 32.2. The van der Waals surface area contributed by atoms with E-state index in [1.165, 1.54) is 13.2 Å². The topological polar surface area (TPSA) is 119 Å². The van der Waals surface area contributed by atoms with Gasteiger partial charge in [-0.1, -0.05) is 24.3 Å². The van der Waals surface area contributed by atoms with Crippen LogP contribution in [-0.4, -0.2) is 46.5 Å². The Morgan fingerprint density at radius 1 is 1.09 bits per heavy atom. The first-order valence-electron chi connectivity index (χ1n) is 9.93. The van der Waals surface area contributed by atoms with Crippen molar-refractivity contribution in [2.45, 2.75) is 18.7 Å². The van der Waals surface area contributed by atoms with Gasteiger partial charge in [0.2, 0.25) is 5.91 Å². The minimum absolute atomic E-state index is 0.0327. The van der Waals surface area contributed by atoms with Crippen LogP contribution in [0.5, 0.6) is 0 Å². The van der Waals surface area contributed by atoms with E-state index in [0.29, 0.717) is 16.6 Å². The minimum Gasteiger partial charge on any atom is -0.465 e. The lowest BCUT2D eigenvalue weighted by atomic mass is 10.1. The fraction of sp³-hybridized carbons (Fsp3) is 0.227. The van der Waals surface area contributed by atoms with Gasteiger partial charge in [-0.3, -0.25) is 9.10 Å². The largest absolute Gasteiger partial charge is 0.465 e. The first-order valence-corrected chi connectivity index (χ1v) is 12.2. The molecule has 0 bridgehead atoms. The van der Waals surface area contributed by atoms with Crippen molar-refractivity contribution in [2.24, 2.45) is 0 Å². The molecule has 1 aliphatic rings. The van der Waals surface area contributed by atoms with Crippen LogP contribution in [0.1, 0.15) is 32.5 Å². The van der Waals surface area contributed by atoms with Gasteiger partial charge in [0.1, 0.15) is 16.4 Å². The molecule has 9 nitrogen and oxygen atoms in total. The van der Waals surface area contributed by atoms with E-state index in [0.717, 1.165) is 21.0 Å². The maximum absolute atomic E-state index is 13.1. The van der Waals surface area contributed by atoms with Crippen LogP contribution in [0.3, 0.4) is 0 Å². The zero-order chi connectivity index (χ0) is 23.9. The fourth-order valence-corrected chi connectivity index (χ4v) is 6.56. The quantitative estimate of drug-likeness (QED) is 0.529. The molecule has 1 N–H and O–H groups in total. The molecule has 2 heterocycles. The van der Waals surface area contributed by atoms with Crippen molar-refractivity contribution >= 4 is 60.7 Å². The summed E-state index contributed by atoms with van der Waals surface area (Å²) in [7, 11) is -2.72. The molecule has 11 heteroatoms. The minimum atomic E-state index is -3.93. The third kappa shape index (κ3) is 3.72. The Morgan fingerprint density at radius 2 is 1.79 bits per heavy atom. The molecule has 0 saturated carbocycles. The number of hydrogen-bond acceptors (Lipinski definition) is 8. The van der Waals surface area contributed by atoms with Crippen molar-refractivity contribution in [2.75, 3.05) is 29.9 Å². The van der Waals surface area contributed by atoms with Gasteiger partial charge in [0.15, 0.2) is 0 Å². The van der Waals surface area contributed by atoms with Gasteiger partial charge in [0, 0.05) is 5.39 Å². The summed E-state index contributed by atoms with van der Waals surface area (Å²) in [5, 5.41) is 3.97. The van der Waals surface area contributed by atoms with Gasteiger partial charge >= 0.3 is 11.9 Å². The number of nitrogens with one attached hydrogen (secondary N) is 1. The number of ether oxygens (including phenoxy) is 2. The maximum Gasteiger partial charge on any atom is 0.348 e. The van der Waals surface area contributed by atoms with Gasteiger partial charge in [-0.2, -0.15) is 0 Å². The molecule has 0 aliphatic carbocycles. The Balaban J connectivity index is 1.67. The summed E-state index contributed by atoms with van der Waals surface area (Å²) in [6.07, 6.45) is 0. The third-order valence-electron chi connectivity index (χ3n) is 5.22. The van der Waals surface area contributed by atoms with Crippen molar-refractivity contribution in [3.05, 3.63) is 52.4 Å². The molecule has 0 unspecified atom stereocenters. The number of methoxy groups -OCH3 is 1. The molecule has 4 rings (SSSR count). The van der Waals surface area contributed by atoms with Crippen molar-refractivity contribution in [1.82, 2.24) is 0 Å². The summed E-state index contributed by atoms with van der Waals surface area (Å²) in [6.45, 7) is 2.77. The number of sulfonamides is 1. The third-order valence-corrected chi connectivity index (χ3v) is 8.21. The molecular weight excluding hydrogens is 468 g/mol. The van der Waals surface area contributed by atoms with Crippen molar-refractivity contribution < 1.29 is 32.3 Å². The summed E-state index contributed by atoms with van der Waals surface area (Å²) in [4.78, 5) is 37.8. The van der Waals surface area contributed by atoms with Gasteiger partial charge in [-0.25, -0.2) is 18.0 Å². The lowest BCUT2D eigenvalue weighted by Crippen LogP contribution is -2.35. The molecule has 1 aromatic heterocycles. The average Bonchev–Trinajstić information content (AvgIpc) is 3.21. The predicted molar refractivity (Wildman–Crippen MR) is 123 cm³/mol. The van der Waals surface area contributed by atoms with Crippen molar-refractivity contribution in [1.29, 1.82) is 0 Å². The Hall–Kier alpha value is -3.44. The normalized spacial score (nSPS) is 13.7. The number of carbonyl (C=O) groups excluding carboxylic acids is 3. The summed E-state index contributed by atoms with van der Waals surface area (Å²) in [5.41, 5.74) is 0.748. The van der Waals surface area contributed by atoms with Gasteiger partial charge in [-0.05, 0) is 36.9 Å². The summed E-state index contributed by atoms with van der Waals surface area (Å²) in [5.74, 6) is -2.04. The SMILES string of the molecule is CCOC(=O)c1c(NC(=O)CN2c3cccc4cccc(c34)S2(=O)=O)sc(C(=O)OC)c1C. The molecule has 33 heavy (non-hydrogen) atoms. The maximum atomic E-state index is 13.1. The first-order chi connectivity index (χ1) is 15.7. The number of anilines is 2. The van der Waals surface area contributed by atoms with Crippen molar-refractivity contribution in [3.8, 4) is 0 Å². The molecule has 0 radical (unpaired) electrons. The predicted octanol–water partition coefficient (Wildman–Crippen LogP) is 3.32. The molecule has 3 aromatic rings. The van der Waals surface area contributed by atoms with E-state index in [4.69, 9.17) is 9.47 Å². The van der Waals surface area contributed by atoms with Crippen LogP contribution < -0.4 is 9.62 Å². The van der Waals surface area contributed by atoms with E-state index >= 15 is 0 Å². The highest BCUT2D eigenvalue weighted by molar-refractivity contribution is 7.93. The number of thiophene rings is 1. The second-order valence-electron chi connectivity index (χ2n) is 7.16. The Kier molecular flexibility index (Phi) is 5.85. The number of nitrogens with zero attached hydrogens (tertiary/aromatic N) is 1. The average molecular weight is 489 g/mol. The van der Waals surface area contributed by atoms with Gasteiger partial charge in [0.05, 0.1) is 29.9 Å². The smallest absolute Gasteiger partial charge is 0.348 e. The van der Waals surface area contributed by atoms with E-state index in [1.807, 2.05) is 0 Å². The standard InChI is InChI=1S/C22H20N2O7S2/c1-4-31-21(26)17-12(2)19(22(27)30-3)32-20(17)23-16(25)11-24-14-9-5-7-13-8-6-10-15(18(13)14)33(24,28)29/h5-10H,4,11H2,1-3H3,(H,23,25). The van der Waals surface area contributed by atoms with Gasteiger partial charge in [0.25, 0.3) is 10.0 Å². The second kappa shape index (κ2) is 8.49. The Bertz CT molecular complexity index is 1400. The van der Waals surface area contributed by atoms with Crippen LogP contribution in [0.25, 0.3) is 10.8 Å². The molecule has 0 saturated heterocycles. The Labute approximate surface area is 194 Å². The lowest BCUT2D eigenvalue weighted by molar-refractivity contribution is -0.114. The molecule has 0 atom stereocenters. The number of esters is 2. The van der Waals surface area contributed by atoms with Gasteiger partial charge in [-0.15, -0.1) is 11.3 Å². The first kappa shape index (κ1) is 22.7. The molecule has 172 valence electrons. The van der Waals surface area contributed by atoms with Gasteiger partial charge < -0.3 is 14.8 Å². The van der Waals surface area contributed by atoms with Crippen LogP contribution in [0, 0.1) is 6.92 Å². The fourth-order valence-electron chi connectivity index (χ4n) is 3.76. The zero-order valence-corrected chi connectivity index (χ0v) is 19.6. The van der Waals surface area contributed by atoms with Crippen LogP contribution in [0.2, 0.25) is 0 Å². The molecule has 2 aromatic carbocycles. The van der Waals surface area contributed by atoms with Crippen LogP contribution in [0.15, 0.2) is 41.3 Å². The van der Waals surface area contributed by atoms with E-state index in [1.54, 1.807) is 44.2 Å². The number of benzene rings is 2.